The summed E-state index contributed by atoms with van der Waals surface area (Å²) in [6.45, 7) is 1.50. The molecule has 0 spiro atoms. The zero-order valence-corrected chi connectivity index (χ0v) is 7.84. The predicted molar refractivity (Wildman–Crippen MR) is 49.3 cm³/mol. The summed E-state index contributed by atoms with van der Waals surface area (Å²) in [5.41, 5.74) is 6.46. The maximum atomic E-state index is 12.5. The minimum absolute atomic E-state index is 0.278. The molecule has 80 valence electrons. The molecule has 0 saturated carbocycles. The summed E-state index contributed by atoms with van der Waals surface area (Å²) in [6, 6.07) is 3.00. The molecule has 2 heterocycles. The van der Waals surface area contributed by atoms with E-state index in [1.807, 2.05) is 0 Å². The van der Waals surface area contributed by atoms with Crippen molar-refractivity contribution in [1.82, 2.24) is 9.38 Å². The van der Waals surface area contributed by atoms with Crippen LogP contribution < -0.4 is 5.73 Å². The summed E-state index contributed by atoms with van der Waals surface area (Å²) in [7, 11) is 0. The van der Waals surface area contributed by atoms with Crippen LogP contribution in [0.1, 0.15) is 11.5 Å². The zero-order chi connectivity index (χ0) is 11.2. The summed E-state index contributed by atoms with van der Waals surface area (Å²) in [4.78, 5) is 3.48. The monoisotopic (exact) mass is 215 g/mol. The summed E-state index contributed by atoms with van der Waals surface area (Å²) in [5.74, 6) is -0.942. The average Bonchev–Trinajstić information content (AvgIpc) is 2.44. The highest BCUT2D eigenvalue weighted by Crippen LogP contribution is 2.31. The van der Waals surface area contributed by atoms with Gasteiger partial charge in [-0.2, -0.15) is 13.2 Å². The van der Waals surface area contributed by atoms with Crippen LogP contribution >= 0.6 is 0 Å². The van der Waals surface area contributed by atoms with E-state index in [0.29, 0.717) is 5.52 Å². The molecule has 0 saturated heterocycles. The Morgan fingerprint density at radius 3 is 2.67 bits per heavy atom. The Labute approximate surface area is 83.3 Å². The van der Waals surface area contributed by atoms with Gasteiger partial charge in [0.05, 0.1) is 16.9 Å². The first kappa shape index (κ1) is 9.82. The number of anilines is 1. The number of aryl methyl sites for hydroxylation is 1. The zero-order valence-electron chi connectivity index (χ0n) is 7.84. The van der Waals surface area contributed by atoms with Gasteiger partial charge in [-0.25, -0.2) is 4.98 Å². The van der Waals surface area contributed by atoms with Crippen molar-refractivity contribution in [1.29, 1.82) is 0 Å². The van der Waals surface area contributed by atoms with Gasteiger partial charge < -0.3 is 5.73 Å². The molecule has 0 atom stereocenters. The maximum Gasteiger partial charge on any atom is 0.450 e. The Kier molecular flexibility index (Phi) is 1.89. The van der Waals surface area contributed by atoms with E-state index in [9.17, 15) is 13.2 Å². The number of hydrogen-bond donors (Lipinski definition) is 1. The second-order valence-corrected chi connectivity index (χ2v) is 3.20. The third kappa shape index (κ3) is 1.42. The second kappa shape index (κ2) is 2.88. The van der Waals surface area contributed by atoms with Gasteiger partial charge in [-0.05, 0) is 19.1 Å². The molecule has 0 fully saturated rings. The number of fused-ring (bicyclic) bond motifs is 1. The van der Waals surface area contributed by atoms with Gasteiger partial charge in [-0.3, -0.25) is 4.40 Å². The molecular weight excluding hydrogens is 207 g/mol. The van der Waals surface area contributed by atoms with E-state index in [0.717, 1.165) is 4.40 Å². The first-order valence-electron chi connectivity index (χ1n) is 4.21. The van der Waals surface area contributed by atoms with Gasteiger partial charge in [-0.1, -0.05) is 0 Å². The molecule has 2 aromatic heterocycles. The number of nitrogens with zero attached hydrogens (tertiary/aromatic N) is 2. The van der Waals surface area contributed by atoms with Crippen molar-refractivity contribution in [3.63, 3.8) is 0 Å². The van der Waals surface area contributed by atoms with Gasteiger partial charge in [0.1, 0.15) is 0 Å². The van der Waals surface area contributed by atoms with E-state index in [4.69, 9.17) is 5.73 Å². The van der Waals surface area contributed by atoms with Gasteiger partial charge in [0.2, 0.25) is 5.82 Å². The Morgan fingerprint density at radius 1 is 1.40 bits per heavy atom. The number of alkyl halides is 3. The molecule has 2 rings (SSSR count). The van der Waals surface area contributed by atoms with Crippen LogP contribution in [0.2, 0.25) is 0 Å². The molecule has 15 heavy (non-hydrogen) atoms. The Balaban J connectivity index is 2.85. The molecule has 3 nitrogen and oxygen atoms in total. The molecule has 2 N–H and O–H groups in total. The summed E-state index contributed by atoms with van der Waals surface area (Å²) in [5, 5.41) is 0. The largest absolute Gasteiger partial charge is 0.450 e. The van der Waals surface area contributed by atoms with E-state index in [-0.39, 0.29) is 11.4 Å². The van der Waals surface area contributed by atoms with Crippen LogP contribution in [0.4, 0.5) is 18.9 Å². The smallest absolute Gasteiger partial charge is 0.397 e. The van der Waals surface area contributed by atoms with Gasteiger partial charge >= 0.3 is 6.18 Å². The van der Waals surface area contributed by atoms with Crippen LogP contribution in [0, 0.1) is 6.92 Å². The number of nitrogens with two attached hydrogens (primary N) is 1. The standard InChI is InChI=1S/C9H8F3N3/c1-5-7-6(13)3-2-4-15(7)8(14-5)9(10,11)12/h2-4H,13H2,1H3. The predicted octanol–water partition coefficient (Wildman–Crippen LogP) is 2.24. The Hall–Kier alpha value is -1.72. The van der Waals surface area contributed by atoms with E-state index < -0.39 is 12.0 Å². The van der Waals surface area contributed by atoms with E-state index in [2.05, 4.69) is 4.98 Å². The first-order chi connectivity index (χ1) is 6.91. The van der Waals surface area contributed by atoms with Crippen molar-refractivity contribution in [3.8, 4) is 0 Å². The molecule has 0 aromatic carbocycles. The summed E-state index contributed by atoms with van der Waals surface area (Å²) < 4.78 is 38.6. The molecule has 2 aromatic rings. The number of pyridine rings is 1. The lowest BCUT2D eigenvalue weighted by atomic mass is 10.3. The molecule has 0 bridgehead atoms. The third-order valence-corrected chi connectivity index (χ3v) is 2.12. The number of imidazole rings is 1. The van der Waals surface area contributed by atoms with Crippen molar-refractivity contribution in [3.05, 3.63) is 29.8 Å². The van der Waals surface area contributed by atoms with Gasteiger partial charge in [0.15, 0.2) is 0 Å². The highest BCUT2D eigenvalue weighted by atomic mass is 19.4. The third-order valence-electron chi connectivity index (χ3n) is 2.12. The summed E-state index contributed by atoms with van der Waals surface area (Å²) in [6.07, 6.45) is -3.17. The number of rotatable bonds is 0. The molecule has 0 unspecified atom stereocenters. The lowest BCUT2D eigenvalue weighted by Crippen LogP contribution is -2.10. The first-order valence-corrected chi connectivity index (χ1v) is 4.21. The van der Waals surface area contributed by atoms with E-state index in [1.165, 1.54) is 19.2 Å². The number of hydrogen-bond acceptors (Lipinski definition) is 2. The lowest BCUT2D eigenvalue weighted by molar-refractivity contribution is -0.145. The highest BCUT2D eigenvalue weighted by molar-refractivity contribution is 5.72. The molecule has 0 radical (unpaired) electrons. The minimum atomic E-state index is -4.47. The normalized spacial score (nSPS) is 12.3. The highest BCUT2D eigenvalue weighted by Gasteiger charge is 2.36. The van der Waals surface area contributed by atoms with Crippen LogP contribution in [-0.4, -0.2) is 9.38 Å². The number of aromatic nitrogens is 2. The van der Waals surface area contributed by atoms with Crippen LogP contribution in [0.5, 0.6) is 0 Å². The van der Waals surface area contributed by atoms with Crippen molar-refractivity contribution in [2.45, 2.75) is 13.1 Å². The van der Waals surface area contributed by atoms with Gasteiger partial charge in [0, 0.05) is 6.20 Å². The topological polar surface area (TPSA) is 43.3 Å². The SMILES string of the molecule is Cc1nc(C(F)(F)F)n2cccc(N)c12. The van der Waals surface area contributed by atoms with E-state index in [1.54, 1.807) is 6.07 Å². The Bertz CT molecular complexity index is 513. The minimum Gasteiger partial charge on any atom is -0.397 e. The van der Waals surface area contributed by atoms with Gasteiger partial charge in [-0.15, -0.1) is 0 Å². The van der Waals surface area contributed by atoms with Crippen molar-refractivity contribution in [2.75, 3.05) is 5.73 Å². The summed E-state index contributed by atoms with van der Waals surface area (Å²) >= 11 is 0. The fraction of sp³-hybridized carbons (Fsp3) is 0.222. The quantitative estimate of drug-likeness (QED) is 0.732. The molecular formula is C9H8F3N3. The number of nitrogen functional groups attached to an aromatic ring is 1. The fourth-order valence-corrected chi connectivity index (χ4v) is 1.55. The second-order valence-electron chi connectivity index (χ2n) is 3.20. The van der Waals surface area contributed by atoms with Crippen LogP contribution in [0.25, 0.3) is 5.52 Å². The maximum absolute atomic E-state index is 12.5. The molecule has 0 amide bonds. The Morgan fingerprint density at radius 2 is 2.07 bits per heavy atom. The molecule has 0 aliphatic heterocycles. The number of halogens is 3. The fourth-order valence-electron chi connectivity index (χ4n) is 1.55. The van der Waals surface area contributed by atoms with Crippen molar-refractivity contribution in [2.24, 2.45) is 0 Å². The van der Waals surface area contributed by atoms with Gasteiger partial charge in [0.25, 0.3) is 0 Å². The molecule has 0 aliphatic rings. The average molecular weight is 215 g/mol. The molecule has 6 heteroatoms. The van der Waals surface area contributed by atoms with Crippen LogP contribution in [-0.2, 0) is 6.18 Å². The van der Waals surface area contributed by atoms with Crippen molar-refractivity contribution >= 4 is 11.2 Å². The molecule has 0 aliphatic carbocycles. The van der Waals surface area contributed by atoms with Crippen molar-refractivity contribution < 1.29 is 13.2 Å². The lowest BCUT2D eigenvalue weighted by Gasteiger charge is -2.05. The van der Waals surface area contributed by atoms with Crippen LogP contribution in [0.15, 0.2) is 18.3 Å². The van der Waals surface area contributed by atoms with Crippen LogP contribution in [0.3, 0.4) is 0 Å². The van der Waals surface area contributed by atoms with E-state index >= 15 is 0 Å².